The number of rotatable bonds is 5. The van der Waals surface area contributed by atoms with Crippen molar-refractivity contribution in [2.45, 2.75) is 65.5 Å². The van der Waals surface area contributed by atoms with E-state index in [1.807, 2.05) is 49.0 Å². The molecule has 1 saturated carbocycles. The van der Waals surface area contributed by atoms with Crippen LogP contribution >= 0.6 is 0 Å². The van der Waals surface area contributed by atoms with Crippen molar-refractivity contribution in [2.24, 2.45) is 0 Å². The third kappa shape index (κ3) is 4.90. The number of carbonyl (C=O) groups is 1. The third-order valence-corrected chi connectivity index (χ3v) is 6.84. The van der Waals surface area contributed by atoms with Crippen LogP contribution in [-0.4, -0.2) is 37.7 Å². The van der Waals surface area contributed by atoms with Crippen molar-refractivity contribution in [3.05, 3.63) is 76.7 Å². The molecule has 1 fully saturated rings. The molecule has 7 nitrogen and oxygen atoms in total. The summed E-state index contributed by atoms with van der Waals surface area (Å²) in [5, 5.41) is 12.4. The van der Waals surface area contributed by atoms with E-state index in [9.17, 15) is 4.79 Å². The average Bonchev–Trinajstić information content (AvgIpc) is 3.24. The fourth-order valence-corrected chi connectivity index (χ4v) is 4.90. The van der Waals surface area contributed by atoms with Gasteiger partial charge in [-0.05, 0) is 77.1 Å². The zero-order valence-corrected chi connectivity index (χ0v) is 20.8. The van der Waals surface area contributed by atoms with Gasteiger partial charge < -0.3 is 10.6 Å². The summed E-state index contributed by atoms with van der Waals surface area (Å²) in [6.07, 6.45) is 5.65. The van der Waals surface area contributed by atoms with Crippen molar-refractivity contribution in [3.63, 3.8) is 0 Å². The molecule has 0 unspecified atom stereocenters. The maximum atomic E-state index is 12.6. The molecule has 1 amide bonds. The fourth-order valence-electron chi connectivity index (χ4n) is 4.90. The maximum Gasteiger partial charge on any atom is 0.251 e. The zero-order valence-electron chi connectivity index (χ0n) is 20.8. The Bertz CT molecular complexity index is 1370. The summed E-state index contributed by atoms with van der Waals surface area (Å²) in [4.78, 5) is 22.0. The van der Waals surface area contributed by atoms with E-state index in [1.165, 1.54) is 5.56 Å². The second-order valence-electron chi connectivity index (χ2n) is 9.74. The normalized spacial score (nSPS) is 17.9. The number of carbonyl (C=O) groups excluding carboxylic acids is 1. The van der Waals surface area contributed by atoms with Crippen LogP contribution in [0.5, 0.6) is 0 Å². The first-order chi connectivity index (χ1) is 16.9. The monoisotopic (exact) mass is 468 g/mol. The molecular formula is C28H32N6O. The number of hydrogen-bond acceptors (Lipinski definition) is 5. The van der Waals surface area contributed by atoms with Gasteiger partial charge in [0.2, 0.25) is 0 Å². The van der Waals surface area contributed by atoms with E-state index in [2.05, 4.69) is 47.8 Å². The maximum absolute atomic E-state index is 12.6. The Labute approximate surface area is 206 Å². The largest absolute Gasteiger partial charge is 0.367 e. The molecule has 0 atom stereocenters. The molecule has 2 aromatic heterocycles. The van der Waals surface area contributed by atoms with Gasteiger partial charge in [-0.2, -0.15) is 5.10 Å². The highest BCUT2D eigenvalue weighted by atomic mass is 16.1. The topological polar surface area (TPSA) is 84.7 Å². The van der Waals surface area contributed by atoms with Gasteiger partial charge in [-0.1, -0.05) is 35.4 Å². The van der Waals surface area contributed by atoms with Gasteiger partial charge >= 0.3 is 0 Å². The number of anilines is 1. The number of nitrogens with one attached hydrogen (secondary N) is 2. The second-order valence-corrected chi connectivity index (χ2v) is 9.74. The molecule has 0 radical (unpaired) electrons. The minimum Gasteiger partial charge on any atom is -0.367 e. The van der Waals surface area contributed by atoms with Gasteiger partial charge in [0.05, 0.1) is 17.3 Å². The Morgan fingerprint density at radius 3 is 2.29 bits per heavy atom. The van der Waals surface area contributed by atoms with Gasteiger partial charge in [-0.3, -0.25) is 4.79 Å². The molecular weight excluding hydrogens is 436 g/mol. The molecule has 180 valence electrons. The van der Waals surface area contributed by atoms with Gasteiger partial charge in [0.25, 0.3) is 5.91 Å². The van der Waals surface area contributed by atoms with Crippen LogP contribution in [0, 0.1) is 27.7 Å². The molecule has 0 saturated heterocycles. The molecule has 35 heavy (non-hydrogen) atoms. The predicted molar refractivity (Wildman–Crippen MR) is 139 cm³/mol. The lowest BCUT2D eigenvalue weighted by Crippen LogP contribution is -2.40. The van der Waals surface area contributed by atoms with Crippen molar-refractivity contribution in [1.82, 2.24) is 25.1 Å². The lowest BCUT2D eigenvalue weighted by atomic mass is 9.91. The highest BCUT2D eigenvalue weighted by molar-refractivity contribution is 5.94. The SMILES string of the molecule is Cc1ccc(C(=O)NC2CCC(Nc3nc(C)nc4c3cnn4-c3ccc(C)cc3C)CC2)cc1. The standard InChI is InChI=1S/C28H32N6O/c1-17-5-8-21(9-6-17)28(35)33-23-12-10-22(11-13-23)32-26-24-16-29-34(27(24)31-20(4)30-26)25-14-7-18(2)15-19(25)3/h5-9,14-16,22-23H,10-13H2,1-4H3,(H,33,35)(H,30,31,32). The van der Waals surface area contributed by atoms with Crippen LogP contribution in [-0.2, 0) is 0 Å². The van der Waals surface area contributed by atoms with Crippen molar-refractivity contribution in [1.29, 1.82) is 0 Å². The molecule has 5 rings (SSSR count). The molecule has 0 bridgehead atoms. The van der Waals surface area contributed by atoms with E-state index in [1.54, 1.807) is 0 Å². The predicted octanol–water partition coefficient (Wildman–Crippen LogP) is 5.20. The van der Waals surface area contributed by atoms with E-state index in [0.717, 1.165) is 64.9 Å². The van der Waals surface area contributed by atoms with Crippen LogP contribution in [0.3, 0.4) is 0 Å². The van der Waals surface area contributed by atoms with Crippen LogP contribution in [0.4, 0.5) is 5.82 Å². The number of amides is 1. The van der Waals surface area contributed by atoms with E-state index in [4.69, 9.17) is 9.97 Å². The summed E-state index contributed by atoms with van der Waals surface area (Å²) in [5.41, 5.74) is 6.09. The van der Waals surface area contributed by atoms with Crippen molar-refractivity contribution < 1.29 is 4.79 Å². The van der Waals surface area contributed by atoms with Gasteiger partial charge in [0.15, 0.2) is 5.65 Å². The highest BCUT2D eigenvalue weighted by Crippen LogP contribution is 2.28. The van der Waals surface area contributed by atoms with Crippen LogP contribution in [0.15, 0.2) is 48.7 Å². The molecule has 2 N–H and O–H groups in total. The summed E-state index contributed by atoms with van der Waals surface area (Å²) in [5.74, 6) is 1.55. The van der Waals surface area contributed by atoms with Gasteiger partial charge in [-0.25, -0.2) is 14.6 Å². The molecule has 2 aromatic carbocycles. The lowest BCUT2D eigenvalue weighted by Gasteiger charge is -2.30. The van der Waals surface area contributed by atoms with E-state index in [-0.39, 0.29) is 11.9 Å². The molecule has 4 aromatic rings. The highest BCUT2D eigenvalue weighted by Gasteiger charge is 2.24. The second kappa shape index (κ2) is 9.49. The Kier molecular flexibility index (Phi) is 6.24. The summed E-state index contributed by atoms with van der Waals surface area (Å²) in [7, 11) is 0. The molecule has 0 aliphatic heterocycles. The Balaban J connectivity index is 1.28. The van der Waals surface area contributed by atoms with Gasteiger partial charge in [-0.15, -0.1) is 0 Å². The van der Waals surface area contributed by atoms with Crippen molar-refractivity contribution in [3.8, 4) is 5.69 Å². The minimum absolute atomic E-state index is 0.00774. The number of hydrogen-bond donors (Lipinski definition) is 2. The van der Waals surface area contributed by atoms with Crippen LogP contribution in [0.2, 0.25) is 0 Å². The van der Waals surface area contributed by atoms with Crippen molar-refractivity contribution in [2.75, 3.05) is 5.32 Å². The third-order valence-electron chi connectivity index (χ3n) is 6.84. The average molecular weight is 469 g/mol. The molecule has 7 heteroatoms. The van der Waals surface area contributed by atoms with Crippen LogP contribution in [0.25, 0.3) is 16.7 Å². The number of benzene rings is 2. The smallest absolute Gasteiger partial charge is 0.251 e. The van der Waals surface area contributed by atoms with Crippen molar-refractivity contribution >= 4 is 22.8 Å². The van der Waals surface area contributed by atoms with Gasteiger partial charge in [0, 0.05) is 17.6 Å². The first kappa shape index (κ1) is 23.0. The Morgan fingerprint density at radius 2 is 1.57 bits per heavy atom. The summed E-state index contributed by atoms with van der Waals surface area (Å²) >= 11 is 0. The van der Waals surface area contributed by atoms with Gasteiger partial charge in [0.1, 0.15) is 11.6 Å². The van der Waals surface area contributed by atoms with E-state index >= 15 is 0 Å². The van der Waals surface area contributed by atoms with E-state index < -0.39 is 0 Å². The summed E-state index contributed by atoms with van der Waals surface area (Å²) < 4.78 is 1.90. The first-order valence-electron chi connectivity index (χ1n) is 12.3. The summed E-state index contributed by atoms with van der Waals surface area (Å²) in [6, 6.07) is 14.6. The van der Waals surface area contributed by atoms with E-state index in [0.29, 0.717) is 11.9 Å². The molecule has 2 heterocycles. The summed E-state index contributed by atoms with van der Waals surface area (Å²) in [6.45, 7) is 8.13. The molecule has 1 aliphatic rings. The Hall–Kier alpha value is -3.74. The number of aryl methyl sites for hydroxylation is 4. The minimum atomic E-state index is 0.00774. The Morgan fingerprint density at radius 1 is 0.886 bits per heavy atom. The first-order valence-corrected chi connectivity index (χ1v) is 12.3. The number of fused-ring (bicyclic) bond motifs is 1. The number of nitrogens with zero attached hydrogens (tertiary/aromatic N) is 4. The van der Waals surface area contributed by atoms with Crippen LogP contribution in [0.1, 0.15) is 58.6 Å². The lowest BCUT2D eigenvalue weighted by molar-refractivity contribution is 0.0926. The number of aromatic nitrogens is 4. The fraction of sp³-hybridized carbons (Fsp3) is 0.357. The zero-order chi connectivity index (χ0) is 24.5. The quantitative estimate of drug-likeness (QED) is 0.420. The van der Waals surface area contributed by atoms with Crippen LogP contribution < -0.4 is 10.6 Å². The molecule has 0 spiro atoms. The molecule has 1 aliphatic carbocycles.